The third-order valence-electron chi connectivity index (χ3n) is 3.89. The number of carboxylic acid groups (broad SMARTS) is 2. The van der Waals surface area contributed by atoms with Crippen LogP contribution in [0.4, 0.5) is 0 Å². The van der Waals surface area contributed by atoms with E-state index in [9.17, 15) is 24.5 Å². The van der Waals surface area contributed by atoms with Gasteiger partial charge in [0.25, 0.3) is 0 Å². The van der Waals surface area contributed by atoms with Gasteiger partial charge in [-0.2, -0.15) is 0 Å². The number of hydrogen-bond donors (Lipinski definition) is 2. The second kappa shape index (κ2) is 13.6. The van der Waals surface area contributed by atoms with Crippen LogP contribution in [0, 0.1) is 10.1 Å². The topological polar surface area (TPSA) is 153 Å². The van der Waals surface area contributed by atoms with E-state index in [1.54, 1.807) is 0 Å². The monoisotopic (exact) mass is 469 g/mol. The zero-order valence-electron chi connectivity index (χ0n) is 18.3. The first kappa shape index (κ1) is 27.3. The number of rotatable bonds is 11. The molecule has 0 aliphatic rings. The molecule has 0 bridgehead atoms. The van der Waals surface area contributed by atoms with Crippen molar-refractivity contribution >= 4 is 24.3 Å². The lowest BCUT2D eigenvalue weighted by molar-refractivity contribution is -0.422. The van der Waals surface area contributed by atoms with Crippen LogP contribution in [0.25, 0.3) is 6.08 Å². The quantitative estimate of drug-likeness (QED) is 0.212. The van der Waals surface area contributed by atoms with Crippen LogP contribution in [0.2, 0.25) is 0 Å². The first-order valence-electron chi connectivity index (χ1n) is 9.63. The molecule has 2 rings (SSSR count). The lowest BCUT2D eigenvalue weighted by Gasteiger charge is -2.06. The van der Waals surface area contributed by atoms with Gasteiger partial charge in [0.15, 0.2) is 0 Å². The zero-order valence-corrected chi connectivity index (χ0v) is 18.3. The highest BCUT2D eigenvalue weighted by Crippen LogP contribution is 2.20. The number of ether oxygens (including phenoxy) is 2. The molecule has 2 aromatic carbocycles. The van der Waals surface area contributed by atoms with Crippen molar-refractivity contribution in [1.82, 2.24) is 0 Å². The number of aldehydes is 1. The van der Waals surface area contributed by atoms with Crippen molar-refractivity contribution in [3.8, 4) is 11.5 Å². The molecule has 0 aromatic heterocycles. The molecule has 0 atom stereocenters. The number of nitrogens with zero attached hydrogens (tertiary/aromatic N) is 1. The van der Waals surface area contributed by atoms with E-state index >= 15 is 0 Å². The van der Waals surface area contributed by atoms with Gasteiger partial charge in [-0.15, -0.1) is 0 Å². The summed E-state index contributed by atoms with van der Waals surface area (Å²) in [5.41, 5.74) is 0.613. The van der Waals surface area contributed by atoms with Crippen LogP contribution in [-0.2, 0) is 0 Å². The molecule has 34 heavy (non-hydrogen) atoms. The third-order valence-corrected chi connectivity index (χ3v) is 3.89. The van der Waals surface area contributed by atoms with Gasteiger partial charge in [-0.05, 0) is 42.0 Å². The number of benzene rings is 2. The Kier molecular flexibility index (Phi) is 10.9. The smallest absolute Gasteiger partial charge is 0.335 e. The van der Waals surface area contributed by atoms with Gasteiger partial charge in [-0.1, -0.05) is 25.3 Å². The highest BCUT2D eigenvalue weighted by atomic mass is 16.6. The minimum absolute atomic E-state index is 0.00367. The van der Waals surface area contributed by atoms with Gasteiger partial charge >= 0.3 is 11.9 Å². The van der Waals surface area contributed by atoms with Crippen LogP contribution >= 0.6 is 0 Å². The minimum atomic E-state index is -1.13. The Hall–Kier alpha value is -4.73. The molecule has 178 valence electrons. The van der Waals surface area contributed by atoms with E-state index in [2.05, 4.69) is 13.2 Å². The van der Waals surface area contributed by atoms with Crippen LogP contribution < -0.4 is 9.47 Å². The van der Waals surface area contributed by atoms with Gasteiger partial charge in [0.05, 0.1) is 16.1 Å². The molecule has 0 aliphatic heterocycles. The lowest BCUT2D eigenvalue weighted by atomic mass is 10.1. The molecule has 0 fully saturated rings. The molecule has 2 aromatic rings. The van der Waals surface area contributed by atoms with E-state index in [1.807, 2.05) is 0 Å². The molecule has 0 amide bonds. The summed E-state index contributed by atoms with van der Waals surface area (Å²) in [5.74, 6) is -1.56. The molecule has 0 heterocycles. The van der Waals surface area contributed by atoms with Gasteiger partial charge in [-0.3, -0.25) is 14.9 Å². The Morgan fingerprint density at radius 2 is 1.35 bits per heavy atom. The lowest BCUT2D eigenvalue weighted by Crippen LogP contribution is -2.00. The fourth-order valence-corrected chi connectivity index (χ4v) is 2.41. The van der Waals surface area contributed by atoms with Crippen molar-refractivity contribution in [2.24, 2.45) is 0 Å². The SMILES string of the molecule is C=CCOc1cc(/C=C(\C)[N+](=O)[O-])cc(C(=O)O)c1.C=CCOc1cc(C=O)cc(C(=O)O)c1. The number of carboxylic acids is 2. The summed E-state index contributed by atoms with van der Waals surface area (Å²) in [6, 6.07) is 8.35. The maximum Gasteiger partial charge on any atom is 0.335 e. The zero-order chi connectivity index (χ0) is 25.7. The molecule has 0 radical (unpaired) electrons. The Morgan fingerprint density at radius 1 is 0.912 bits per heavy atom. The second-order valence-corrected chi connectivity index (χ2v) is 6.55. The fourth-order valence-electron chi connectivity index (χ4n) is 2.41. The summed E-state index contributed by atoms with van der Waals surface area (Å²) >= 11 is 0. The molecule has 0 saturated carbocycles. The highest BCUT2D eigenvalue weighted by molar-refractivity contribution is 5.91. The highest BCUT2D eigenvalue weighted by Gasteiger charge is 2.10. The molecule has 0 spiro atoms. The number of aromatic carboxylic acids is 2. The number of hydrogen-bond acceptors (Lipinski definition) is 7. The van der Waals surface area contributed by atoms with E-state index in [0.717, 1.165) is 0 Å². The molecule has 10 heteroatoms. The largest absolute Gasteiger partial charge is 0.490 e. The summed E-state index contributed by atoms with van der Waals surface area (Å²) in [6.07, 6.45) is 4.92. The average Bonchev–Trinajstić information content (AvgIpc) is 2.81. The van der Waals surface area contributed by atoms with Crippen molar-refractivity contribution in [2.75, 3.05) is 13.2 Å². The number of allylic oxidation sites excluding steroid dienone is 1. The summed E-state index contributed by atoms with van der Waals surface area (Å²) in [5, 5.41) is 28.3. The fraction of sp³-hybridized carbons (Fsp3) is 0.125. The van der Waals surface area contributed by atoms with Crippen LogP contribution in [0.15, 0.2) is 67.4 Å². The van der Waals surface area contributed by atoms with Gasteiger partial charge < -0.3 is 19.7 Å². The third kappa shape index (κ3) is 9.18. The van der Waals surface area contributed by atoms with Crippen molar-refractivity contribution < 1.29 is 39.0 Å². The number of carbonyl (C=O) groups is 3. The average molecular weight is 469 g/mol. The normalized spacial score (nSPS) is 10.2. The Balaban J connectivity index is 0.000000350. The van der Waals surface area contributed by atoms with Crippen LogP contribution in [0.5, 0.6) is 11.5 Å². The van der Waals surface area contributed by atoms with Gasteiger partial charge in [0, 0.05) is 18.6 Å². The molecule has 2 N–H and O–H groups in total. The van der Waals surface area contributed by atoms with E-state index in [1.165, 1.54) is 61.5 Å². The molecule has 0 saturated heterocycles. The standard InChI is InChI=1S/C13H13NO5.C11H10O4/c1-3-4-19-12-7-10(5-9(2)14(17)18)6-11(8-12)13(15)16;1-2-3-15-10-5-8(7-12)4-9(6-10)11(13)14/h3,5-8H,1,4H2,2H3,(H,15,16);2,4-7H,1,3H2,(H,13,14)/b9-5+;. The van der Waals surface area contributed by atoms with Gasteiger partial charge in [0.1, 0.15) is 31.0 Å². The van der Waals surface area contributed by atoms with Gasteiger partial charge in [0.2, 0.25) is 5.70 Å². The second-order valence-electron chi connectivity index (χ2n) is 6.55. The predicted molar refractivity (Wildman–Crippen MR) is 124 cm³/mol. The molecule has 10 nitrogen and oxygen atoms in total. The van der Waals surface area contributed by atoms with Crippen molar-refractivity contribution in [3.05, 3.63) is 99.8 Å². The van der Waals surface area contributed by atoms with Crippen LogP contribution in [-0.4, -0.2) is 46.6 Å². The molecule has 0 aliphatic carbocycles. The van der Waals surface area contributed by atoms with E-state index in [0.29, 0.717) is 23.3 Å². The maximum atomic E-state index is 11.0. The van der Waals surface area contributed by atoms with Crippen molar-refractivity contribution in [2.45, 2.75) is 6.92 Å². The molecule has 0 unspecified atom stereocenters. The van der Waals surface area contributed by atoms with Crippen molar-refractivity contribution in [3.63, 3.8) is 0 Å². The minimum Gasteiger partial charge on any atom is -0.490 e. The predicted octanol–water partition coefficient (Wildman–Crippen LogP) is 4.35. The first-order valence-corrected chi connectivity index (χ1v) is 9.63. The van der Waals surface area contributed by atoms with Crippen molar-refractivity contribution in [1.29, 1.82) is 0 Å². The summed E-state index contributed by atoms with van der Waals surface area (Å²) < 4.78 is 10.4. The Labute approximate surface area is 195 Å². The maximum absolute atomic E-state index is 11.0. The van der Waals surface area contributed by atoms with Crippen LogP contribution in [0.1, 0.15) is 43.6 Å². The molecular formula is C24H23NO9. The van der Waals surface area contributed by atoms with E-state index < -0.39 is 16.9 Å². The summed E-state index contributed by atoms with van der Waals surface area (Å²) in [6.45, 7) is 8.77. The van der Waals surface area contributed by atoms with E-state index in [-0.39, 0.29) is 35.6 Å². The summed E-state index contributed by atoms with van der Waals surface area (Å²) in [4.78, 5) is 42.2. The Bertz CT molecular complexity index is 1120. The number of carbonyl (C=O) groups excluding carboxylic acids is 1. The van der Waals surface area contributed by atoms with Crippen LogP contribution in [0.3, 0.4) is 0 Å². The first-order chi connectivity index (χ1) is 16.1. The molecular weight excluding hydrogens is 446 g/mol. The van der Waals surface area contributed by atoms with Gasteiger partial charge in [-0.25, -0.2) is 9.59 Å². The Morgan fingerprint density at radius 3 is 1.74 bits per heavy atom. The van der Waals surface area contributed by atoms with E-state index in [4.69, 9.17) is 19.7 Å². The summed E-state index contributed by atoms with van der Waals surface area (Å²) in [7, 11) is 0. The number of nitro groups is 1.